The fraction of sp³-hybridized carbons (Fsp3) is 0.750. The highest BCUT2D eigenvalue weighted by molar-refractivity contribution is 5.64. The predicted octanol–water partition coefficient (Wildman–Crippen LogP) is 0.544. The van der Waals surface area contributed by atoms with E-state index >= 15 is 0 Å². The van der Waals surface area contributed by atoms with Crippen LogP contribution < -0.4 is 5.73 Å². The molecule has 1 saturated heterocycles. The molecule has 1 aliphatic heterocycles. The van der Waals surface area contributed by atoms with E-state index in [0.29, 0.717) is 19.6 Å². The summed E-state index contributed by atoms with van der Waals surface area (Å²) < 4.78 is -0.330. The molecular formula is C8H15N2O3+. The van der Waals surface area contributed by atoms with Crippen molar-refractivity contribution in [3.63, 3.8) is 0 Å². The molecule has 1 rings (SSSR count). The minimum atomic E-state index is -0.575. The maximum absolute atomic E-state index is 11.1. The van der Waals surface area contributed by atoms with Crippen LogP contribution in [0.2, 0.25) is 0 Å². The van der Waals surface area contributed by atoms with Crippen LogP contribution in [0.5, 0.6) is 0 Å². The van der Waals surface area contributed by atoms with Crippen molar-refractivity contribution in [1.82, 2.24) is 0 Å². The first-order valence-corrected chi connectivity index (χ1v) is 4.50. The Morgan fingerprint density at radius 3 is 2.15 bits per heavy atom. The molecule has 5 nitrogen and oxygen atoms in total. The second-order valence-corrected chi connectivity index (χ2v) is 3.29. The van der Waals surface area contributed by atoms with Crippen LogP contribution in [-0.2, 0) is 9.63 Å². The lowest BCUT2D eigenvalue weighted by atomic mass is 10.2. The van der Waals surface area contributed by atoms with Gasteiger partial charge < -0.3 is 5.73 Å². The molecule has 74 valence electrons. The lowest BCUT2D eigenvalue weighted by molar-refractivity contribution is -1.02. The number of quaternary nitrogens is 1. The molecular weight excluding hydrogens is 172 g/mol. The van der Waals surface area contributed by atoms with Gasteiger partial charge in [0.05, 0.1) is 0 Å². The lowest BCUT2D eigenvalue weighted by Crippen LogP contribution is -2.55. The predicted molar refractivity (Wildman–Crippen MR) is 45.2 cm³/mol. The van der Waals surface area contributed by atoms with Crippen molar-refractivity contribution in [1.29, 1.82) is 0 Å². The Bertz CT molecular complexity index is 198. The standard InChI is InChI=1S/C8H14N2O3/c9-8(12)10(13-7-11)5-3-1-2-4-6-10/h7H,1-6H2,(H-,9,12)/p+1. The van der Waals surface area contributed by atoms with Crippen molar-refractivity contribution in [3.8, 4) is 0 Å². The highest BCUT2D eigenvalue weighted by atomic mass is 16.7. The van der Waals surface area contributed by atoms with E-state index in [9.17, 15) is 9.59 Å². The quantitative estimate of drug-likeness (QED) is 0.506. The van der Waals surface area contributed by atoms with Crippen LogP contribution in [0, 0.1) is 0 Å². The number of urea groups is 1. The second kappa shape index (κ2) is 4.23. The van der Waals surface area contributed by atoms with E-state index in [4.69, 9.17) is 10.6 Å². The lowest BCUT2D eigenvalue weighted by Gasteiger charge is -2.26. The van der Waals surface area contributed by atoms with Gasteiger partial charge >= 0.3 is 12.5 Å². The number of carbonyl (C=O) groups excluding carboxylic acids is 2. The zero-order valence-electron chi connectivity index (χ0n) is 7.57. The number of primary amides is 1. The van der Waals surface area contributed by atoms with Crippen molar-refractivity contribution in [2.75, 3.05) is 13.1 Å². The molecule has 0 radical (unpaired) electrons. The highest BCUT2D eigenvalue weighted by Crippen LogP contribution is 2.18. The van der Waals surface area contributed by atoms with Crippen molar-refractivity contribution < 1.29 is 19.1 Å². The SMILES string of the molecule is NC(=O)[N+]1(OC=O)CCCCCC1. The normalized spacial score (nSPS) is 21.5. The van der Waals surface area contributed by atoms with E-state index in [1.807, 2.05) is 0 Å². The summed E-state index contributed by atoms with van der Waals surface area (Å²) in [6, 6.07) is -0.575. The van der Waals surface area contributed by atoms with Gasteiger partial charge in [0.2, 0.25) is 0 Å². The first kappa shape index (κ1) is 9.98. The Morgan fingerprint density at radius 1 is 1.23 bits per heavy atom. The summed E-state index contributed by atoms with van der Waals surface area (Å²) in [7, 11) is 0. The maximum Gasteiger partial charge on any atom is 0.455 e. The Balaban J connectivity index is 2.73. The van der Waals surface area contributed by atoms with Gasteiger partial charge in [-0.15, -0.1) is 0 Å². The maximum atomic E-state index is 11.1. The number of hydrogen-bond donors (Lipinski definition) is 1. The Hall–Kier alpha value is -1.10. The molecule has 0 bridgehead atoms. The summed E-state index contributed by atoms with van der Waals surface area (Å²) >= 11 is 0. The minimum Gasteiger partial charge on any atom is -0.316 e. The van der Waals surface area contributed by atoms with Gasteiger partial charge in [-0.25, -0.2) is 9.59 Å². The van der Waals surface area contributed by atoms with E-state index in [1.54, 1.807) is 0 Å². The summed E-state index contributed by atoms with van der Waals surface area (Å²) in [5.74, 6) is 0. The topological polar surface area (TPSA) is 69.4 Å². The van der Waals surface area contributed by atoms with Crippen LogP contribution in [0.4, 0.5) is 4.79 Å². The van der Waals surface area contributed by atoms with Gasteiger partial charge in [0.25, 0.3) is 0 Å². The molecule has 13 heavy (non-hydrogen) atoms. The average molecular weight is 187 g/mol. The van der Waals surface area contributed by atoms with Gasteiger partial charge in [-0.1, -0.05) is 4.65 Å². The van der Waals surface area contributed by atoms with Crippen LogP contribution in [0.3, 0.4) is 0 Å². The summed E-state index contributed by atoms with van der Waals surface area (Å²) in [5.41, 5.74) is 5.21. The number of likely N-dealkylation sites (tertiary alicyclic amines) is 1. The molecule has 0 aliphatic carbocycles. The Kier molecular flexibility index (Phi) is 3.25. The highest BCUT2D eigenvalue weighted by Gasteiger charge is 2.38. The molecule has 2 N–H and O–H groups in total. The van der Waals surface area contributed by atoms with Crippen LogP contribution in [-0.4, -0.2) is 30.2 Å². The smallest absolute Gasteiger partial charge is 0.316 e. The molecule has 5 heteroatoms. The van der Waals surface area contributed by atoms with Gasteiger partial charge in [0.15, 0.2) is 0 Å². The molecule has 0 aromatic heterocycles. The van der Waals surface area contributed by atoms with Crippen LogP contribution in [0.15, 0.2) is 0 Å². The van der Waals surface area contributed by atoms with Crippen molar-refractivity contribution in [2.45, 2.75) is 25.7 Å². The molecule has 0 unspecified atom stereocenters. The first-order valence-electron chi connectivity index (χ1n) is 4.50. The van der Waals surface area contributed by atoms with E-state index in [2.05, 4.69) is 0 Å². The first-order chi connectivity index (χ1) is 6.21. The monoisotopic (exact) mass is 187 g/mol. The molecule has 2 amide bonds. The molecule has 1 heterocycles. The number of carbonyl (C=O) groups is 2. The number of hydrogen-bond acceptors (Lipinski definition) is 3. The summed E-state index contributed by atoms with van der Waals surface area (Å²) in [5, 5.41) is 0. The van der Waals surface area contributed by atoms with Gasteiger partial charge in [0.1, 0.15) is 13.1 Å². The molecule has 0 atom stereocenters. The second-order valence-electron chi connectivity index (χ2n) is 3.29. The molecule has 1 fully saturated rings. The van der Waals surface area contributed by atoms with Crippen LogP contribution in [0.25, 0.3) is 0 Å². The van der Waals surface area contributed by atoms with Crippen molar-refractivity contribution in [3.05, 3.63) is 0 Å². The third-order valence-electron chi connectivity index (χ3n) is 2.44. The van der Waals surface area contributed by atoms with Crippen molar-refractivity contribution >= 4 is 12.5 Å². The van der Waals surface area contributed by atoms with E-state index in [1.165, 1.54) is 0 Å². The Morgan fingerprint density at radius 2 is 1.77 bits per heavy atom. The molecule has 0 saturated carbocycles. The average Bonchev–Trinajstić information content (AvgIpc) is 2.31. The number of nitrogens with zero attached hydrogens (tertiary/aromatic N) is 1. The van der Waals surface area contributed by atoms with E-state index in [-0.39, 0.29) is 4.65 Å². The number of nitrogens with two attached hydrogens (primary N) is 1. The van der Waals surface area contributed by atoms with E-state index < -0.39 is 6.03 Å². The van der Waals surface area contributed by atoms with Crippen LogP contribution in [0.1, 0.15) is 25.7 Å². The molecule has 0 aromatic carbocycles. The fourth-order valence-electron chi connectivity index (χ4n) is 1.66. The molecule has 0 aromatic rings. The van der Waals surface area contributed by atoms with Gasteiger partial charge in [-0.2, -0.15) is 0 Å². The van der Waals surface area contributed by atoms with E-state index in [0.717, 1.165) is 25.7 Å². The largest absolute Gasteiger partial charge is 0.455 e. The van der Waals surface area contributed by atoms with Gasteiger partial charge in [-0.05, 0) is 12.8 Å². The Labute approximate surface area is 77.0 Å². The van der Waals surface area contributed by atoms with Crippen molar-refractivity contribution in [2.24, 2.45) is 5.73 Å². The summed E-state index contributed by atoms with van der Waals surface area (Å²) in [4.78, 5) is 26.2. The number of amides is 2. The molecule has 0 spiro atoms. The minimum absolute atomic E-state index is 0.302. The number of rotatable bonds is 2. The summed E-state index contributed by atoms with van der Waals surface area (Å²) in [6.45, 7) is 1.32. The fourth-order valence-corrected chi connectivity index (χ4v) is 1.66. The molecule has 1 aliphatic rings. The van der Waals surface area contributed by atoms with Gasteiger partial charge in [-0.3, -0.25) is 4.84 Å². The van der Waals surface area contributed by atoms with Crippen LogP contribution >= 0.6 is 0 Å². The number of hydroxylamine groups is 3. The zero-order chi connectivity index (χ0) is 9.73. The third-order valence-corrected chi connectivity index (χ3v) is 2.44. The summed E-state index contributed by atoms with van der Waals surface area (Å²) in [6.07, 6.45) is 3.87. The zero-order valence-corrected chi connectivity index (χ0v) is 7.57. The van der Waals surface area contributed by atoms with Gasteiger partial charge in [0, 0.05) is 12.8 Å². The third kappa shape index (κ3) is 2.18.